The number of pyridine rings is 1. The molecule has 11 heteroatoms. The third-order valence-electron chi connectivity index (χ3n) is 6.22. The van der Waals surface area contributed by atoms with E-state index in [1.165, 1.54) is 54.1 Å². The number of ether oxygens (including phenoxy) is 2. The predicted octanol–water partition coefficient (Wildman–Crippen LogP) is 4.38. The lowest BCUT2D eigenvalue weighted by molar-refractivity contribution is 0.0984. The first kappa shape index (κ1) is 28.8. The van der Waals surface area contributed by atoms with Crippen molar-refractivity contribution >= 4 is 42.6 Å². The Bertz CT molecular complexity index is 1480. The van der Waals surface area contributed by atoms with Crippen molar-refractivity contribution in [1.82, 2.24) is 14.3 Å². The molecular weight excluding hydrogens is 536 g/mol. The second-order valence-corrected chi connectivity index (χ2v) is 11.7. The number of hydrogen-bond donors (Lipinski definition) is 0. The number of methoxy groups -OCH3 is 2. The number of hydrogen-bond acceptors (Lipinski definition) is 8. The second-order valence-electron chi connectivity index (χ2n) is 8.74. The van der Waals surface area contributed by atoms with Crippen LogP contribution in [0.2, 0.25) is 0 Å². The number of aryl methyl sites for hydroxylation is 1. The summed E-state index contributed by atoms with van der Waals surface area (Å²) >= 11 is 1.44. The highest BCUT2D eigenvalue weighted by Gasteiger charge is 2.26. The van der Waals surface area contributed by atoms with Crippen molar-refractivity contribution in [2.24, 2.45) is 0 Å². The first-order chi connectivity index (χ1) is 18.9. The van der Waals surface area contributed by atoms with Crippen LogP contribution in [0.5, 0.6) is 0 Å². The van der Waals surface area contributed by atoms with Gasteiger partial charge in [0.1, 0.15) is 0 Å². The minimum absolute atomic E-state index is 0.0927. The summed E-state index contributed by atoms with van der Waals surface area (Å²) in [6.45, 7) is 3.19. The fourth-order valence-corrected chi connectivity index (χ4v) is 6.51. The van der Waals surface area contributed by atoms with E-state index in [0.717, 1.165) is 22.2 Å². The second kappa shape index (κ2) is 13.2. The molecule has 2 heterocycles. The highest BCUT2D eigenvalue weighted by atomic mass is 32.2. The molecule has 0 spiro atoms. The highest BCUT2D eigenvalue weighted by molar-refractivity contribution is 7.89. The number of anilines is 1. The Balaban J connectivity index is 1.66. The van der Waals surface area contributed by atoms with Crippen LogP contribution in [0.4, 0.5) is 5.13 Å². The van der Waals surface area contributed by atoms with Crippen LogP contribution < -0.4 is 4.90 Å². The molecule has 0 saturated heterocycles. The van der Waals surface area contributed by atoms with Crippen molar-refractivity contribution < 1.29 is 22.7 Å². The Morgan fingerprint density at radius 1 is 0.949 bits per heavy atom. The molecule has 9 nitrogen and oxygen atoms in total. The minimum atomic E-state index is -3.81. The Kier molecular flexibility index (Phi) is 9.76. The molecule has 0 fully saturated rings. The molecule has 0 aliphatic heterocycles. The van der Waals surface area contributed by atoms with E-state index in [2.05, 4.69) is 11.9 Å². The van der Waals surface area contributed by atoms with Crippen molar-refractivity contribution in [3.63, 3.8) is 0 Å². The molecule has 0 unspecified atom stereocenters. The van der Waals surface area contributed by atoms with Gasteiger partial charge in [0.2, 0.25) is 10.0 Å². The predicted molar refractivity (Wildman–Crippen MR) is 153 cm³/mol. The monoisotopic (exact) mass is 568 g/mol. The number of rotatable bonds is 13. The standard InChI is InChI=1S/C28H32N4O5S2/c1-4-21-8-7-10-25-26(21)30-28(38-25)32(20-23-9-5-6-15-29-23)27(33)22-11-13-24(14-12-22)39(34,35)31(16-18-36-2)17-19-37-3/h5-15H,4,16-20H2,1-3H3. The number of aromatic nitrogens is 2. The van der Waals surface area contributed by atoms with E-state index in [9.17, 15) is 13.2 Å². The largest absolute Gasteiger partial charge is 0.383 e. The summed E-state index contributed by atoms with van der Waals surface area (Å²) in [4.78, 5) is 24.8. The quantitative estimate of drug-likeness (QED) is 0.236. The van der Waals surface area contributed by atoms with Gasteiger partial charge in [-0.05, 0) is 54.4 Å². The van der Waals surface area contributed by atoms with E-state index in [1.54, 1.807) is 11.1 Å². The smallest absolute Gasteiger partial charge is 0.260 e. The number of nitrogens with zero attached hydrogens (tertiary/aromatic N) is 4. The Morgan fingerprint density at radius 3 is 2.28 bits per heavy atom. The van der Waals surface area contributed by atoms with Gasteiger partial charge in [0.25, 0.3) is 5.91 Å². The number of benzene rings is 2. The van der Waals surface area contributed by atoms with Crippen LogP contribution in [0.3, 0.4) is 0 Å². The maximum absolute atomic E-state index is 13.8. The zero-order valence-electron chi connectivity index (χ0n) is 22.2. The van der Waals surface area contributed by atoms with E-state index < -0.39 is 10.0 Å². The summed E-state index contributed by atoms with van der Waals surface area (Å²) < 4.78 is 39.0. The first-order valence-electron chi connectivity index (χ1n) is 12.6. The van der Waals surface area contributed by atoms with Gasteiger partial charge in [-0.1, -0.05) is 36.5 Å². The number of carbonyl (C=O) groups is 1. The molecule has 0 N–H and O–H groups in total. The van der Waals surface area contributed by atoms with E-state index in [1.807, 2.05) is 36.4 Å². The van der Waals surface area contributed by atoms with Crippen molar-refractivity contribution in [1.29, 1.82) is 0 Å². The topological polar surface area (TPSA) is 102 Å². The molecule has 0 saturated carbocycles. The molecule has 0 aliphatic rings. The Morgan fingerprint density at radius 2 is 1.67 bits per heavy atom. The number of amides is 1. The maximum atomic E-state index is 13.8. The van der Waals surface area contributed by atoms with Crippen LogP contribution >= 0.6 is 11.3 Å². The number of thiazole rings is 1. The minimum Gasteiger partial charge on any atom is -0.383 e. The molecular formula is C28H32N4O5S2. The van der Waals surface area contributed by atoms with Gasteiger partial charge in [-0.3, -0.25) is 14.7 Å². The van der Waals surface area contributed by atoms with Crippen LogP contribution in [0.15, 0.2) is 71.8 Å². The van der Waals surface area contributed by atoms with Crippen molar-refractivity contribution in [2.75, 3.05) is 45.4 Å². The van der Waals surface area contributed by atoms with E-state index in [-0.39, 0.29) is 43.7 Å². The van der Waals surface area contributed by atoms with Gasteiger partial charge in [-0.15, -0.1) is 0 Å². The van der Waals surface area contributed by atoms with Crippen molar-refractivity contribution in [2.45, 2.75) is 24.8 Å². The van der Waals surface area contributed by atoms with Gasteiger partial charge < -0.3 is 9.47 Å². The van der Waals surface area contributed by atoms with E-state index in [4.69, 9.17) is 14.5 Å². The lowest BCUT2D eigenvalue weighted by Gasteiger charge is -2.22. The average molecular weight is 569 g/mol. The molecule has 4 rings (SSSR count). The Labute approximate surface area is 233 Å². The van der Waals surface area contributed by atoms with Crippen LogP contribution in [0, 0.1) is 0 Å². The molecule has 206 valence electrons. The molecule has 0 atom stereocenters. The summed E-state index contributed by atoms with van der Waals surface area (Å²) in [5.74, 6) is -0.294. The van der Waals surface area contributed by atoms with E-state index >= 15 is 0 Å². The lowest BCUT2D eigenvalue weighted by Crippen LogP contribution is -2.36. The SMILES string of the molecule is CCc1cccc2sc(N(Cc3ccccn3)C(=O)c3ccc(S(=O)(=O)N(CCOC)CCOC)cc3)nc12. The number of carbonyl (C=O) groups excluding carboxylic acids is 1. The average Bonchev–Trinajstić information content (AvgIpc) is 3.40. The van der Waals surface area contributed by atoms with Crippen LogP contribution in [0.25, 0.3) is 10.2 Å². The molecule has 4 aromatic rings. The summed E-state index contributed by atoms with van der Waals surface area (Å²) in [6, 6.07) is 17.6. The Hall–Kier alpha value is -3.22. The molecule has 2 aromatic carbocycles. The first-order valence-corrected chi connectivity index (χ1v) is 14.8. The van der Waals surface area contributed by atoms with Crippen LogP contribution in [-0.2, 0) is 32.5 Å². The van der Waals surface area contributed by atoms with Crippen LogP contribution in [0.1, 0.15) is 28.5 Å². The number of fused-ring (bicyclic) bond motifs is 1. The van der Waals surface area contributed by atoms with Gasteiger partial charge in [-0.25, -0.2) is 13.4 Å². The van der Waals surface area contributed by atoms with Gasteiger partial charge >= 0.3 is 0 Å². The van der Waals surface area contributed by atoms with Gasteiger partial charge in [-0.2, -0.15) is 4.31 Å². The molecule has 0 radical (unpaired) electrons. The number of sulfonamides is 1. The molecule has 1 amide bonds. The highest BCUT2D eigenvalue weighted by Crippen LogP contribution is 2.33. The molecule has 0 bridgehead atoms. The van der Waals surface area contributed by atoms with Gasteiger partial charge in [0.05, 0.1) is 40.6 Å². The summed E-state index contributed by atoms with van der Waals surface area (Å²) in [5.41, 5.74) is 3.06. The fraction of sp³-hybridized carbons (Fsp3) is 0.321. The fourth-order valence-electron chi connectivity index (χ4n) is 4.09. The van der Waals surface area contributed by atoms with Crippen molar-refractivity contribution in [3.8, 4) is 0 Å². The zero-order valence-corrected chi connectivity index (χ0v) is 23.9. The summed E-state index contributed by atoms with van der Waals surface area (Å²) in [7, 11) is -0.765. The normalized spacial score (nSPS) is 11.8. The zero-order chi connectivity index (χ0) is 27.8. The molecule has 2 aromatic heterocycles. The summed E-state index contributed by atoms with van der Waals surface area (Å²) in [5, 5.41) is 0.559. The van der Waals surface area contributed by atoms with Crippen LogP contribution in [-0.4, -0.2) is 69.1 Å². The third-order valence-corrected chi connectivity index (χ3v) is 9.18. The lowest BCUT2D eigenvalue weighted by atomic mass is 10.1. The van der Waals surface area contributed by atoms with Gasteiger partial charge in [0, 0.05) is 39.1 Å². The molecule has 0 aliphatic carbocycles. The third kappa shape index (κ3) is 6.68. The van der Waals surface area contributed by atoms with Gasteiger partial charge in [0.15, 0.2) is 5.13 Å². The molecule has 39 heavy (non-hydrogen) atoms. The van der Waals surface area contributed by atoms with Crippen molar-refractivity contribution in [3.05, 3.63) is 83.7 Å². The summed E-state index contributed by atoms with van der Waals surface area (Å²) in [6.07, 6.45) is 2.51. The maximum Gasteiger partial charge on any atom is 0.260 e. The van der Waals surface area contributed by atoms with E-state index in [0.29, 0.717) is 16.4 Å². The number of para-hydroxylation sites is 1.